The number of halogens is 4. The molecule has 0 saturated heterocycles. The zero-order chi connectivity index (χ0) is 20.5. The van der Waals surface area contributed by atoms with Crippen molar-refractivity contribution in [3.63, 3.8) is 0 Å². The summed E-state index contributed by atoms with van der Waals surface area (Å²) >= 11 is 5.63. The average Bonchev–Trinajstić information content (AvgIpc) is 3.09. The number of alkyl halides is 3. The molecule has 0 radical (unpaired) electrons. The molecule has 0 saturated carbocycles. The van der Waals surface area contributed by atoms with Crippen LogP contribution in [0.1, 0.15) is 12.5 Å². The minimum Gasteiger partial charge on any atom is -0.314 e. The van der Waals surface area contributed by atoms with Gasteiger partial charge >= 0.3 is 6.18 Å². The minimum absolute atomic E-state index is 0.0771. The molecule has 0 spiro atoms. The Morgan fingerprint density at radius 2 is 1.89 bits per heavy atom. The third kappa shape index (κ3) is 3.97. The summed E-state index contributed by atoms with van der Waals surface area (Å²) in [5.74, 6) is 0.382. The number of benzene rings is 2. The number of para-hydroxylation sites is 1. The van der Waals surface area contributed by atoms with E-state index in [1.54, 1.807) is 22.8 Å². The van der Waals surface area contributed by atoms with Gasteiger partial charge in [0, 0.05) is 17.1 Å². The van der Waals surface area contributed by atoms with Crippen molar-refractivity contribution < 1.29 is 21.6 Å². The third-order valence-corrected chi connectivity index (χ3v) is 5.56. The lowest BCUT2D eigenvalue weighted by Crippen LogP contribution is -2.19. The van der Waals surface area contributed by atoms with Gasteiger partial charge in [-0.05, 0) is 37.3 Å². The number of aryl methyl sites for hydroxylation is 1. The molecule has 0 atom stereocenters. The highest BCUT2D eigenvalue weighted by molar-refractivity contribution is 7.92. The number of sulfonamides is 1. The Morgan fingerprint density at radius 1 is 1.18 bits per heavy atom. The number of nitrogens with one attached hydrogen (secondary N) is 1. The van der Waals surface area contributed by atoms with E-state index in [0.717, 1.165) is 12.1 Å². The van der Waals surface area contributed by atoms with E-state index in [2.05, 4.69) is 14.9 Å². The van der Waals surface area contributed by atoms with E-state index >= 15 is 0 Å². The standard InChI is InChI=1S/C17H14ClF3N4O2S/c1-2-25-10-22-23-16(25)12-5-3-4-6-14(12)24-28(26,27)15-8-7-11(18)9-13(15)17(19,20)21/h3-10,24H,2H2,1H3. The van der Waals surface area contributed by atoms with Crippen molar-refractivity contribution in [2.75, 3.05) is 4.72 Å². The van der Waals surface area contributed by atoms with Crippen LogP contribution in [0.5, 0.6) is 0 Å². The van der Waals surface area contributed by atoms with Gasteiger partial charge in [0.05, 0.1) is 16.1 Å². The largest absolute Gasteiger partial charge is 0.417 e. The monoisotopic (exact) mass is 430 g/mol. The van der Waals surface area contributed by atoms with Crippen molar-refractivity contribution in [2.45, 2.75) is 24.5 Å². The number of hydrogen-bond donors (Lipinski definition) is 1. The maximum Gasteiger partial charge on any atom is 0.417 e. The van der Waals surface area contributed by atoms with Gasteiger partial charge in [-0.2, -0.15) is 13.2 Å². The van der Waals surface area contributed by atoms with Crippen molar-refractivity contribution in [2.24, 2.45) is 0 Å². The Kier molecular flexibility index (Phi) is 5.35. The normalized spacial score (nSPS) is 12.2. The SMILES string of the molecule is CCn1cnnc1-c1ccccc1NS(=O)(=O)c1ccc(Cl)cc1C(F)(F)F. The lowest BCUT2D eigenvalue weighted by atomic mass is 10.1. The molecule has 1 aromatic heterocycles. The molecule has 28 heavy (non-hydrogen) atoms. The number of aromatic nitrogens is 3. The van der Waals surface area contributed by atoms with E-state index in [9.17, 15) is 21.6 Å². The number of anilines is 1. The summed E-state index contributed by atoms with van der Waals surface area (Å²) in [5, 5.41) is 7.54. The summed E-state index contributed by atoms with van der Waals surface area (Å²) in [4.78, 5) is -0.920. The van der Waals surface area contributed by atoms with Crippen molar-refractivity contribution in [3.05, 3.63) is 59.4 Å². The first-order chi connectivity index (χ1) is 13.1. The summed E-state index contributed by atoms with van der Waals surface area (Å²) in [7, 11) is -4.56. The molecule has 0 unspecified atom stereocenters. The first-order valence-corrected chi connectivity index (χ1v) is 9.86. The van der Waals surface area contributed by atoms with Crippen LogP contribution in [-0.2, 0) is 22.7 Å². The summed E-state index contributed by atoms with van der Waals surface area (Å²) in [6.07, 6.45) is -3.42. The van der Waals surface area contributed by atoms with Crippen LogP contribution in [0.3, 0.4) is 0 Å². The molecular formula is C17H14ClF3N4O2S. The van der Waals surface area contributed by atoms with Crippen LogP contribution in [0.15, 0.2) is 53.7 Å². The first kappa shape index (κ1) is 20.2. The zero-order valence-electron chi connectivity index (χ0n) is 14.4. The predicted molar refractivity (Wildman–Crippen MR) is 98.4 cm³/mol. The van der Waals surface area contributed by atoms with E-state index in [1.165, 1.54) is 12.4 Å². The first-order valence-electron chi connectivity index (χ1n) is 8.00. The van der Waals surface area contributed by atoms with Gasteiger partial charge < -0.3 is 4.57 Å². The summed E-state index contributed by atoms with van der Waals surface area (Å²) in [6.45, 7) is 2.38. The maximum absolute atomic E-state index is 13.3. The molecule has 6 nitrogen and oxygen atoms in total. The smallest absolute Gasteiger partial charge is 0.314 e. The topological polar surface area (TPSA) is 76.9 Å². The molecule has 3 aromatic rings. The summed E-state index contributed by atoms with van der Waals surface area (Å²) in [5.41, 5.74) is -0.886. The van der Waals surface area contributed by atoms with Gasteiger partial charge in [0.1, 0.15) is 6.33 Å². The highest BCUT2D eigenvalue weighted by Crippen LogP contribution is 2.37. The van der Waals surface area contributed by atoms with Crippen LogP contribution in [0.2, 0.25) is 5.02 Å². The lowest BCUT2D eigenvalue weighted by Gasteiger charge is -2.16. The van der Waals surface area contributed by atoms with Crippen LogP contribution < -0.4 is 4.72 Å². The molecule has 1 N–H and O–H groups in total. The van der Waals surface area contributed by atoms with Crippen LogP contribution in [0.4, 0.5) is 18.9 Å². The molecular weight excluding hydrogens is 417 g/mol. The number of nitrogens with zero attached hydrogens (tertiary/aromatic N) is 3. The molecule has 0 aliphatic heterocycles. The van der Waals surface area contributed by atoms with E-state index in [1.807, 2.05) is 6.92 Å². The average molecular weight is 431 g/mol. The molecule has 0 amide bonds. The van der Waals surface area contributed by atoms with Crippen LogP contribution in [0, 0.1) is 0 Å². The van der Waals surface area contributed by atoms with Gasteiger partial charge in [0.2, 0.25) is 0 Å². The van der Waals surface area contributed by atoms with Gasteiger partial charge in [-0.25, -0.2) is 8.42 Å². The third-order valence-electron chi connectivity index (χ3n) is 3.91. The van der Waals surface area contributed by atoms with Crippen molar-refractivity contribution in [1.29, 1.82) is 0 Å². The molecule has 11 heteroatoms. The number of rotatable bonds is 5. The van der Waals surface area contributed by atoms with Gasteiger partial charge in [0.25, 0.3) is 10.0 Å². The summed E-state index contributed by atoms with van der Waals surface area (Å²) in [6, 6.07) is 8.74. The fraction of sp³-hybridized carbons (Fsp3) is 0.176. The van der Waals surface area contributed by atoms with Crippen LogP contribution >= 0.6 is 11.6 Å². The van der Waals surface area contributed by atoms with E-state index in [0.29, 0.717) is 24.0 Å². The second kappa shape index (κ2) is 7.44. The molecule has 0 bridgehead atoms. The Morgan fingerprint density at radius 3 is 2.57 bits per heavy atom. The van der Waals surface area contributed by atoms with E-state index < -0.39 is 26.7 Å². The van der Waals surface area contributed by atoms with E-state index in [4.69, 9.17) is 11.6 Å². The fourth-order valence-corrected chi connectivity index (χ4v) is 4.08. The molecule has 3 rings (SSSR count). The Hall–Kier alpha value is -2.59. The van der Waals surface area contributed by atoms with Gasteiger partial charge in [0.15, 0.2) is 5.82 Å². The highest BCUT2D eigenvalue weighted by atomic mass is 35.5. The predicted octanol–water partition coefficient (Wildman–Crippen LogP) is 4.44. The van der Waals surface area contributed by atoms with Crippen molar-refractivity contribution in [1.82, 2.24) is 14.8 Å². The maximum atomic E-state index is 13.3. The number of hydrogen-bond acceptors (Lipinski definition) is 4. The fourth-order valence-electron chi connectivity index (χ4n) is 2.62. The van der Waals surface area contributed by atoms with Gasteiger partial charge in [-0.15, -0.1) is 10.2 Å². The Bertz CT molecular complexity index is 1110. The second-order valence-electron chi connectivity index (χ2n) is 5.73. The molecule has 0 aliphatic rings. The van der Waals surface area contributed by atoms with Gasteiger partial charge in [-0.1, -0.05) is 23.7 Å². The lowest BCUT2D eigenvalue weighted by molar-refractivity contribution is -0.139. The molecule has 2 aromatic carbocycles. The van der Waals surface area contributed by atoms with Crippen LogP contribution in [-0.4, -0.2) is 23.2 Å². The molecule has 148 valence electrons. The quantitative estimate of drug-likeness (QED) is 0.649. The Balaban J connectivity index is 2.09. The van der Waals surface area contributed by atoms with Crippen molar-refractivity contribution in [3.8, 4) is 11.4 Å². The minimum atomic E-state index is -4.89. The molecule has 0 fully saturated rings. The molecule has 0 aliphatic carbocycles. The van der Waals surface area contributed by atoms with Crippen LogP contribution in [0.25, 0.3) is 11.4 Å². The Labute approximate surface area is 164 Å². The summed E-state index contributed by atoms with van der Waals surface area (Å²) < 4.78 is 69.4. The zero-order valence-corrected chi connectivity index (χ0v) is 16.0. The van der Waals surface area contributed by atoms with Gasteiger partial charge in [-0.3, -0.25) is 4.72 Å². The molecule has 1 heterocycles. The highest BCUT2D eigenvalue weighted by Gasteiger charge is 2.37. The van der Waals surface area contributed by atoms with Crippen molar-refractivity contribution >= 4 is 27.3 Å². The van der Waals surface area contributed by atoms with E-state index in [-0.39, 0.29) is 10.7 Å². The second-order valence-corrected chi connectivity index (χ2v) is 7.82.